The minimum absolute atomic E-state index is 0.211. The normalized spacial score (nSPS) is 11.8. The average molecular weight is 448 g/mol. The van der Waals surface area contributed by atoms with Gasteiger partial charge < -0.3 is 9.47 Å². The lowest BCUT2D eigenvalue weighted by Gasteiger charge is -2.09. The Hall–Kier alpha value is -2.82. The minimum atomic E-state index is -3.87. The molecule has 2 heterocycles. The Balaban J connectivity index is 1.89. The van der Waals surface area contributed by atoms with Crippen molar-refractivity contribution in [2.24, 2.45) is 5.14 Å². The molecule has 0 spiro atoms. The van der Waals surface area contributed by atoms with Crippen LogP contribution in [0.15, 0.2) is 34.7 Å². The fraction of sp³-hybridized carbons (Fsp3) is 0.250. The van der Waals surface area contributed by atoms with Gasteiger partial charge in [0.2, 0.25) is 0 Å². The van der Waals surface area contributed by atoms with Gasteiger partial charge in [-0.25, -0.2) is 13.6 Å². The van der Waals surface area contributed by atoms with Crippen molar-refractivity contribution in [3.63, 3.8) is 0 Å². The first kappa shape index (κ1) is 21.9. The Bertz CT molecular complexity index is 1180. The van der Waals surface area contributed by atoms with Crippen LogP contribution >= 0.6 is 11.3 Å². The average Bonchev–Trinajstić information content (AvgIpc) is 3.17. The second-order valence-corrected chi connectivity index (χ2v) is 9.17. The van der Waals surface area contributed by atoms with Gasteiger partial charge in [0, 0.05) is 0 Å². The first-order valence-electron chi connectivity index (χ1n) is 9.12. The Labute approximate surface area is 179 Å². The molecule has 3 rings (SSSR count). The number of methoxy groups -OCH3 is 1. The lowest BCUT2D eigenvalue weighted by atomic mass is 10.1. The third-order valence-corrected chi connectivity index (χ3v) is 6.46. The van der Waals surface area contributed by atoms with Gasteiger partial charge in [-0.05, 0) is 72.6 Å². The molecule has 30 heavy (non-hydrogen) atoms. The Kier molecular flexibility index (Phi) is 6.49. The topological polar surface area (TPSA) is 108 Å². The molecular weight excluding hydrogens is 424 g/mol. The van der Waals surface area contributed by atoms with Crippen molar-refractivity contribution in [3.8, 4) is 16.6 Å². The molecular formula is C20H23N4O4S2+. The van der Waals surface area contributed by atoms with Gasteiger partial charge in [0.1, 0.15) is 11.4 Å². The van der Waals surface area contributed by atoms with Crippen LogP contribution in [0.5, 0.6) is 11.5 Å². The first-order valence-corrected chi connectivity index (χ1v) is 11.5. The summed E-state index contributed by atoms with van der Waals surface area (Å²) in [6.45, 7) is 6.34. The van der Waals surface area contributed by atoms with Gasteiger partial charge in [-0.1, -0.05) is 18.2 Å². The second kappa shape index (κ2) is 8.90. The minimum Gasteiger partial charge on any atom is -0.493 e. The number of sulfonamides is 1. The number of ether oxygens (including phenoxy) is 2. The van der Waals surface area contributed by atoms with Gasteiger partial charge in [-0.15, -0.1) is 0 Å². The Morgan fingerprint density at radius 1 is 1.07 bits per heavy atom. The standard InChI is InChI=1S/C20H23N4O4S2/c1-5-28-17-9-8-15(12-18(17)27-4)6-7-16-10-13(2)24(14(3)11-16)19-22-23-20(29-19)30(21,25)26/h6-12H,5H2,1-4H3,(H2,21,25,26)/q+1/b7-6+. The lowest BCUT2D eigenvalue weighted by Crippen LogP contribution is -2.37. The fourth-order valence-electron chi connectivity index (χ4n) is 2.99. The highest BCUT2D eigenvalue weighted by atomic mass is 32.2. The molecule has 0 aliphatic carbocycles. The van der Waals surface area contributed by atoms with E-state index in [9.17, 15) is 8.42 Å². The van der Waals surface area contributed by atoms with Crippen LogP contribution in [0.1, 0.15) is 29.4 Å². The molecule has 158 valence electrons. The van der Waals surface area contributed by atoms with Crippen LogP contribution in [0.2, 0.25) is 0 Å². The number of nitrogens with zero attached hydrogens (tertiary/aromatic N) is 3. The largest absolute Gasteiger partial charge is 0.493 e. The monoisotopic (exact) mass is 447 g/mol. The maximum atomic E-state index is 11.5. The van der Waals surface area contributed by atoms with E-state index in [0.717, 1.165) is 33.9 Å². The molecule has 0 unspecified atom stereocenters. The van der Waals surface area contributed by atoms with Crippen LogP contribution in [0.4, 0.5) is 0 Å². The maximum Gasteiger partial charge on any atom is 0.416 e. The van der Waals surface area contributed by atoms with E-state index in [1.165, 1.54) is 0 Å². The second-order valence-electron chi connectivity index (χ2n) is 6.48. The van der Waals surface area contributed by atoms with E-state index in [-0.39, 0.29) is 4.34 Å². The molecule has 0 bridgehead atoms. The summed E-state index contributed by atoms with van der Waals surface area (Å²) >= 11 is 0.931. The zero-order chi connectivity index (χ0) is 21.9. The summed E-state index contributed by atoms with van der Waals surface area (Å²) in [5.41, 5.74) is 3.74. The molecule has 0 aliphatic heterocycles. The SMILES string of the molecule is CCOc1ccc(/C=C/c2cc(C)[n+](-c3nnc(S(N)(=O)=O)s3)c(C)c2)cc1OC. The molecule has 0 saturated carbocycles. The molecule has 0 radical (unpaired) electrons. The van der Waals surface area contributed by atoms with Gasteiger partial charge in [-0.2, -0.15) is 4.57 Å². The van der Waals surface area contributed by atoms with E-state index in [4.69, 9.17) is 14.6 Å². The third-order valence-electron chi connectivity index (χ3n) is 4.24. The van der Waals surface area contributed by atoms with E-state index < -0.39 is 10.0 Å². The first-order chi connectivity index (χ1) is 14.2. The van der Waals surface area contributed by atoms with E-state index >= 15 is 0 Å². The van der Waals surface area contributed by atoms with E-state index in [0.29, 0.717) is 23.2 Å². The molecule has 0 saturated heterocycles. The highest BCUT2D eigenvalue weighted by molar-refractivity contribution is 7.91. The molecule has 2 aromatic heterocycles. The predicted molar refractivity (Wildman–Crippen MR) is 115 cm³/mol. The highest BCUT2D eigenvalue weighted by Gasteiger charge is 2.25. The van der Waals surface area contributed by atoms with Crippen LogP contribution in [-0.4, -0.2) is 32.3 Å². The van der Waals surface area contributed by atoms with Gasteiger partial charge in [-0.3, -0.25) is 0 Å². The van der Waals surface area contributed by atoms with Gasteiger partial charge in [0.25, 0.3) is 14.4 Å². The zero-order valence-electron chi connectivity index (χ0n) is 17.1. The van der Waals surface area contributed by atoms with Crippen LogP contribution in [0.3, 0.4) is 0 Å². The van der Waals surface area contributed by atoms with E-state index in [1.54, 1.807) is 7.11 Å². The number of hydrogen-bond donors (Lipinski definition) is 1. The number of pyridine rings is 1. The van der Waals surface area contributed by atoms with Crippen molar-refractivity contribution in [1.29, 1.82) is 0 Å². The number of rotatable bonds is 7. The summed E-state index contributed by atoms with van der Waals surface area (Å²) in [5, 5.41) is 13.2. The van der Waals surface area contributed by atoms with Gasteiger partial charge >= 0.3 is 5.13 Å². The number of benzene rings is 1. The third kappa shape index (κ3) is 4.84. The molecule has 3 aromatic rings. The fourth-order valence-corrected chi connectivity index (χ4v) is 4.53. The van der Waals surface area contributed by atoms with Crippen molar-refractivity contribution in [1.82, 2.24) is 10.2 Å². The van der Waals surface area contributed by atoms with Crippen molar-refractivity contribution < 1.29 is 22.5 Å². The molecule has 0 aliphatic rings. The summed E-state index contributed by atoms with van der Waals surface area (Å²) in [4.78, 5) is 0. The molecule has 0 fully saturated rings. The molecule has 1 aromatic carbocycles. The van der Waals surface area contributed by atoms with Gasteiger partial charge in [0.15, 0.2) is 11.5 Å². The van der Waals surface area contributed by atoms with Crippen LogP contribution in [0, 0.1) is 13.8 Å². The number of aryl methyl sites for hydroxylation is 2. The predicted octanol–water partition coefficient (Wildman–Crippen LogP) is 2.66. The summed E-state index contributed by atoms with van der Waals surface area (Å²) in [5.74, 6) is 1.39. The smallest absolute Gasteiger partial charge is 0.416 e. The van der Waals surface area contributed by atoms with Crippen molar-refractivity contribution >= 4 is 33.5 Å². The van der Waals surface area contributed by atoms with E-state index in [1.807, 2.05) is 67.8 Å². The zero-order valence-corrected chi connectivity index (χ0v) is 18.8. The summed E-state index contributed by atoms with van der Waals surface area (Å²) in [6.07, 6.45) is 3.98. The van der Waals surface area contributed by atoms with E-state index in [2.05, 4.69) is 10.2 Å². The summed E-state index contributed by atoms with van der Waals surface area (Å²) < 4.78 is 35.5. The number of hydrogen-bond acceptors (Lipinski definition) is 7. The van der Waals surface area contributed by atoms with Gasteiger partial charge in [0.05, 0.1) is 18.8 Å². The molecule has 8 nitrogen and oxygen atoms in total. The maximum absolute atomic E-state index is 11.5. The highest BCUT2D eigenvalue weighted by Crippen LogP contribution is 2.28. The number of aromatic nitrogens is 3. The van der Waals surface area contributed by atoms with Crippen LogP contribution in [-0.2, 0) is 10.0 Å². The molecule has 0 amide bonds. The van der Waals surface area contributed by atoms with Crippen molar-refractivity contribution in [2.75, 3.05) is 13.7 Å². The number of primary sulfonamides is 1. The van der Waals surface area contributed by atoms with Crippen LogP contribution < -0.4 is 19.2 Å². The molecule has 10 heteroatoms. The van der Waals surface area contributed by atoms with Crippen LogP contribution in [0.25, 0.3) is 17.3 Å². The quantitative estimate of drug-likeness (QED) is 0.558. The Morgan fingerprint density at radius 2 is 1.73 bits per heavy atom. The molecule has 2 N–H and O–H groups in total. The Morgan fingerprint density at radius 3 is 2.30 bits per heavy atom. The van der Waals surface area contributed by atoms with Crippen molar-refractivity contribution in [2.45, 2.75) is 25.1 Å². The summed E-state index contributed by atoms with van der Waals surface area (Å²) in [6, 6.07) is 9.72. The number of nitrogens with two attached hydrogens (primary N) is 1. The molecule has 0 atom stereocenters. The lowest BCUT2D eigenvalue weighted by molar-refractivity contribution is -0.609. The summed E-state index contributed by atoms with van der Waals surface area (Å²) in [7, 11) is -2.26. The van der Waals surface area contributed by atoms with Crippen molar-refractivity contribution in [3.05, 3.63) is 52.8 Å².